The lowest BCUT2D eigenvalue weighted by Gasteiger charge is -2.36. The lowest BCUT2D eigenvalue weighted by molar-refractivity contribution is 0.0571. The molecule has 180 valence electrons. The third kappa shape index (κ3) is 5.80. The molecule has 0 fully saturated rings. The summed E-state index contributed by atoms with van der Waals surface area (Å²) < 4.78 is 35.9. The number of amides is 1. The molecule has 1 aliphatic rings. The van der Waals surface area contributed by atoms with E-state index in [1.807, 2.05) is 63.2 Å². The van der Waals surface area contributed by atoms with Crippen molar-refractivity contribution in [1.82, 2.24) is 4.90 Å². The first kappa shape index (κ1) is 24.3. The number of carbonyl (C=O) groups is 1. The van der Waals surface area contributed by atoms with Gasteiger partial charge in [0.05, 0.1) is 10.9 Å². The van der Waals surface area contributed by atoms with Crippen LogP contribution < -0.4 is 9.47 Å². The lowest BCUT2D eigenvalue weighted by Crippen LogP contribution is -2.47. The van der Waals surface area contributed by atoms with Crippen molar-refractivity contribution in [3.63, 3.8) is 0 Å². The number of carbonyl (C=O) groups excluding carboxylic acids is 1. The maximum Gasteiger partial charge on any atom is 0.264 e. The highest BCUT2D eigenvalue weighted by molar-refractivity contribution is 7.92. The van der Waals surface area contributed by atoms with Gasteiger partial charge in [-0.25, -0.2) is 8.42 Å². The number of nitrogens with zero attached hydrogens (tertiary/aromatic N) is 1. The minimum Gasteiger partial charge on any atom is -0.491 e. The third-order valence-corrected chi connectivity index (χ3v) is 8.36. The van der Waals surface area contributed by atoms with Crippen molar-refractivity contribution in [3.05, 3.63) is 76.7 Å². The van der Waals surface area contributed by atoms with E-state index in [1.54, 1.807) is 11.0 Å². The van der Waals surface area contributed by atoms with Crippen LogP contribution in [-0.2, 0) is 22.8 Å². The van der Waals surface area contributed by atoms with E-state index in [-0.39, 0.29) is 21.8 Å². The van der Waals surface area contributed by atoms with Crippen LogP contribution >= 0.6 is 11.3 Å². The maximum atomic E-state index is 13.4. The summed E-state index contributed by atoms with van der Waals surface area (Å²) in [5.74, 6) is 1.28. The average Bonchev–Trinajstić information content (AvgIpc) is 3.27. The monoisotopic (exact) mass is 499 g/mol. The summed E-state index contributed by atoms with van der Waals surface area (Å²) in [5.41, 5.74) is 2.00. The number of thiophene rings is 1. The number of rotatable bonds is 6. The van der Waals surface area contributed by atoms with Crippen LogP contribution in [0.15, 0.2) is 64.9 Å². The molecule has 1 aromatic heterocycles. The smallest absolute Gasteiger partial charge is 0.264 e. The first-order valence-electron chi connectivity index (χ1n) is 11.1. The molecule has 0 N–H and O–H groups in total. The number of benzene rings is 2. The fourth-order valence-corrected chi connectivity index (χ4v) is 5.78. The Morgan fingerprint density at radius 1 is 1.00 bits per heavy atom. The second-order valence-electron chi connectivity index (χ2n) is 9.45. The van der Waals surface area contributed by atoms with Gasteiger partial charge in [0.15, 0.2) is 9.84 Å². The van der Waals surface area contributed by atoms with Gasteiger partial charge in [0.1, 0.15) is 27.9 Å². The average molecular weight is 500 g/mol. The van der Waals surface area contributed by atoms with Crippen LogP contribution in [0.25, 0.3) is 0 Å². The zero-order valence-electron chi connectivity index (χ0n) is 19.8. The van der Waals surface area contributed by atoms with Crippen molar-refractivity contribution in [3.8, 4) is 11.5 Å². The van der Waals surface area contributed by atoms with E-state index in [0.717, 1.165) is 28.9 Å². The van der Waals surface area contributed by atoms with E-state index < -0.39 is 9.84 Å². The molecule has 0 saturated heterocycles. The molecular weight excluding hydrogens is 470 g/mol. The van der Waals surface area contributed by atoms with Crippen molar-refractivity contribution >= 4 is 27.1 Å². The quantitative estimate of drug-likeness (QED) is 0.479. The summed E-state index contributed by atoms with van der Waals surface area (Å²) in [7, 11) is -3.36. The van der Waals surface area contributed by atoms with E-state index in [4.69, 9.17) is 9.47 Å². The summed E-state index contributed by atoms with van der Waals surface area (Å²) in [6.07, 6.45) is 1.82. The highest BCUT2D eigenvalue weighted by atomic mass is 32.2. The Morgan fingerprint density at radius 2 is 1.65 bits per heavy atom. The molecule has 0 saturated carbocycles. The molecule has 0 radical (unpaired) electrons. The number of fused-ring (bicyclic) bond motifs is 1. The number of hydrogen-bond donors (Lipinski definition) is 0. The minimum atomic E-state index is -3.36. The summed E-state index contributed by atoms with van der Waals surface area (Å²) in [5, 5.41) is 0. The molecule has 6 nitrogen and oxygen atoms in total. The number of ether oxygens (including phenoxy) is 2. The molecule has 0 spiro atoms. The van der Waals surface area contributed by atoms with Gasteiger partial charge in [0, 0.05) is 12.8 Å². The van der Waals surface area contributed by atoms with E-state index in [2.05, 4.69) is 6.07 Å². The highest BCUT2D eigenvalue weighted by Gasteiger charge is 2.32. The molecular formula is C26H29NO5S2. The predicted molar refractivity (Wildman–Crippen MR) is 134 cm³/mol. The Hall–Kier alpha value is -2.84. The standard InChI is InChI=1S/C26H29NO5S2/c1-26(2,3)32-22-11-9-21(10-12-22)31-17-20-15-18-7-5-6-8-19(18)16-27(20)25(28)23-13-14-24(33-23)34(4,29)30/h5-14,20H,15-17H2,1-4H3. The number of hydrogen-bond acceptors (Lipinski definition) is 6. The van der Waals surface area contributed by atoms with Gasteiger partial charge in [-0.3, -0.25) is 4.79 Å². The third-order valence-electron chi connectivity index (χ3n) is 5.46. The van der Waals surface area contributed by atoms with Gasteiger partial charge in [-0.1, -0.05) is 24.3 Å². The van der Waals surface area contributed by atoms with Crippen LogP contribution in [0, 0.1) is 0 Å². The Kier molecular flexibility index (Phi) is 6.73. The molecule has 1 amide bonds. The highest BCUT2D eigenvalue weighted by Crippen LogP contribution is 2.29. The van der Waals surface area contributed by atoms with Crippen molar-refractivity contribution in [1.29, 1.82) is 0 Å². The molecule has 2 heterocycles. The second kappa shape index (κ2) is 9.43. The lowest BCUT2D eigenvalue weighted by atomic mass is 9.94. The topological polar surface area (TPSA) is 72.9 Å². The molecule has 1 aliphatic heterocycles. The second-order valence-corrected chi connectivity index (χ2v) is 12.8. The van der Waals surface area contributed by atoms with E-state index in [0.29, 0.717) is 30.2 Å². The molecule has 34 heavy (non-hydrogen) atoms. The van der Waals surface area contributed by atoms with E-state index >= 15 is 0 Å². The molecule has 3 aromatic rings. The number of sulfone groups is 1. The zero-order chi connectivity index (χ0) is 24.5. The van der Waals surface area contributed by atoms with Gasteiger partial charge in [-0.2, -0.15) is 0 Å². The zero-order valence-corrected chi connectivity index (χ0v) is 21.4. The fraction of sp³-hybridized carbons (Fsp3) is 0.346. The Morgan fingerprint density at radius 3 is 2.26 bits per heavy atom. The molecule has 0 aliphatic carbocycles. The van der Waals surface area contributed by atoms with Gasteiger partial charge in [0.25, 0.3) is 5.91 Å². The Balaban J connectivity index is 1.53. The molecule has 1 atom stereocenters. The van der Waals surface area contributed by atoms with E-state index in [9.17, 15) is 13.2 Å². The Bertz CT molecular complexity index is 1270. The van der Waals surface area contributed by atoms with Crippen LogP contribution in [-0.4, -0.2) is 43.7 Å². The van der Waals surface area contributed by atoms with Gasteiger partial charge in [-0.15, -0.1) is 11.3 Å². The van der Waals surface area contributed by atoms with Crippen LogP contribution in [0.1, 0.15) is 41.6 Å². The molecule has 1 unspecified atom stereocenters. The van der Waals surface area contributed by atoms with Gasteiger partial charge >= 0.3 is 0 Å². The van der Waals surface area contributed by atoms with Crippen LogP contribution in [0.2, 0.25) is 0 Å². The van der Waals surface area contributed by atoms with Crippen molar-refractivity contribution in [2.24, 2.45) is 0 Å². The largest absolute Gasteiger partial charge is 0.491 e. The first-order valence-corrected chi connectivity index (χ1v) is 13.8. The summed E-state index contributed by atoms with van der Waals surface area (Å²) in [6, 6.07) is 18.4. The molecule has 8 heteroatoms. The summed E-state index contributed by atoms with van der Waals surface area (Å²) >= 11 is 1.01. The first-order chi connectivity index (χ1) is 16.0. The van der Waals surface area contributed by atoms with Gasteiger partial charge in [-0.05, 0) is 74.7 Å². The van der Waals surface area contributed by atoms with Crippen LogP contribution in [0.4, 0.5) is 0 Å². The van der Waals surface area contributed by atoms with Gasteiger partial charge < -0.3 is 14.4 Å². The van der Waals surface area contributed by atoms with E-state index in [1.165, 1.54) is 11.6 Å². The van der Waals surface area contributed by atoms with Crippen LogP contribution in [0.3, 0.4) is 0 Å². The fourth-order valence-electron chi connectivity index (χ4n) is 3.90. The van der Waals surface area contributed by atoms with Crippen molar-refractivity contribution in [2.45, 2.75) is 49.6 Å². The summed E-state index contributed by atoms with van der Waals surface area (Å²) in [4.78, 5) is 15.6. The molecule has 0 bridgehead atoms. The summed E-state index contributed by atoms with van der Waals surface area (Å²) in [6.45, 7) is 6.76. The Labute approximate surface area is 205 Å². The molecule has 4 rings (SSSR count). The minimum absolute atomic E-state index is 0.183. The predicted octanol–water partition coefficient (Wildman–Crippen LogP) is 4.98. The van der Waals surface area contributed by atoms with Gasteiger partial charge in [0.2, 0.25) is 0 Å². The van der Waals surface area contributed by atoms with Crippen LogP contribution in [0.5, 0.6) is 11.5 Å². The van der Waals surface area contributed by atoms with Crippen molar-refractivity contribution in [2.75, 3.05) is 12.9 Å². The van der Waals surface area contributed by atoms with Crippen molar-refractivity contribution < 1.29 is 22.7 Å². The maximum absolute atomic E-state index is 13.4. The molecule has 2 aromatic carbocycles. The SMILES string of the molecule is CC(C)(C)Oc1ccc(OCC2Cc3ccccc3CN2C(=O)c2ccc(S(C)(=O)=O)s2)cc1. The normalized spacial score (nSPS) is 16.1.